The highest BCUT2D eigenvalue weighted by Crippen LogP contribution is 2.32. The van der Waals surface area contributed by atoms with Gasteiger partial charge in [-0.05, 0) is 56.2 Å². The Morgan fingerprint density at radius 3 is 3.00 bits per heavy atom. The van der Waals surface area contributed by atoms with Gasteiger partial charge in [0.2, 0.25) is 0 Å². The molecular weight excluding hydrogens is 352 g/mol. The van der Waals surface area contributed by atoms with Crippen LogP contribution in [0.4, 0.5) is 11.6 Å². The Morgan fingerprint density at radius 2 is 2.11 bits per heavy atom. The minimum atomic E-state index is -0.179. The Labute approximate surface area is 164 Å². The number of nitrogens with zero attached hydrogens (tertiary/aromatic N) is 2. The van der Waals surface area contributed by atoms with Gasteiger partial charge >= 0.3 is 0 Å². The van der Waals surface area contributed by atoms with Crippen LogP contribution in [-0.4, -0.2) is 22.4 Å². The van der Waals surface area contributed by atoms with Crippen LogP contribution in [0.3, 0.4) is 0 Å². The molecule has 0 saturated carbocycles. The van der Waals surface area contributed by atoms with E-state index in [1.54, 1.807) is 12.4 Å². The van der Waals surface area contributed by atoms with Crippen molar-refractivity contribution in [3.8, 4) is 5.75 Å². The van der Waals surface area contributed by atoms with E-state index in [0.717, 1.165) is 23.4 Å². The third-order valence-corrected chi connectivity index (χ3v) is 4.66. The van der Waals surface area contributed by atoms with Crippen LogP contribution in [0.25, 0.3) is 0 Å². The zero-order valence-electron chi connectivity index (χ0n) is 15.9. The highest BCUT2D eigenvalue weighted by Gasteiger charge is 2.22. The molecule has 1 atom stereocenters. The van der Waals surface area contributed by atoms with Crippen LogP contribution in [0.15, 0.2) is 71.6 Å². The number of amides is 1. The van der Waals surface area contributed by atoms with E-state index in [-0.39, 0.29) is 12.0 Å². The number of hydrogen-bond donors (Lipinski definition) is 2. The van der Waals surface area contributed by atoms with Crippen molar-refractivity contribution in [1.29, 1.82) is 0 Å². The predicted molar refractivity (Wildman–Crippen MR) is 109 cm³/mol. The van der Waals surface area contributed by atoms with Crippen LogP contribution < -0.4 is 15.4 Å². The molecule has 0 fully saturated rings. The van der Waals surface area contributed by atoms with Crippen molar-refractivity contribution >= 4 is 17.5 Å². The molecule has 28 heavy (non-hydrogen) atoms. The third kappa shape index (κ3) is 3.96. The van der Waals surface area contributed by atoms with Gasteiger partial charge in [0.1, 0.15) is 11.9 Å². The van der Waals surface area contributed by atoms with Crippen LogP contribution in [0.2, 0.25) is 0 Å². The van der Waals surface area contributed by atoms with Crippen LogP contribution in [0.5, 0.6) is 5.75 Å². The molecule has 6 heteroatoms. The van der Waals surface area contributed by atoms with E-state index < -0.39 is 0 Å². The maximum absolute atomic E-state index is 12.7. The van der Waals surface area contributed by atoms with E-state index in [4.69, 9.17) is 4.74 Å². The van der Waals surface area contributed by atoms with Crippen LogP contribution in [-0.2, 0) is 4.79 Å². The number of aromatic nitrogens is 2. The Hall–Kier alpha value is -3.41. The number of fused-ring (bicyclic) bond motifs is 1. The van der Waals surface area contributed by atoms with Gasteiger partial charge in [-0.3, -0.25) is 4.79 Å². The first-order valence-corrected chi connectivity index (χ1v) is 9.27. The van der Waals surface area contributed by atoms with Crippen molar-refractivity contribution in [2.24, 2.45) is 0 Å². The van der Waals surface area contributed by atoms with Crippen LogP contribution >= 0.6 is 0 Å². The molecule has 2 aliphatic rings. The second-order valence-corrected chi connectivity index (χ2v) is 7.01. The fourth-order valence-electron chi connectivity index (χ4n) is 3.32. The first-order valence-electron chi connectivity index (χ1n) is 9.27. The van der Waals surface area contributed by atoms with Gasteiger partial charge in [0.25, 0.3) is 5.91 Å². The molecule has 0 spiro atoms. The van der Waals surface area contributed by atoms with Gasteiger partial charge in [-0.1, -0.05) is 23.3 Å². The van der Waals surface area contributed by atoms with E-state index in [2.05, 4.69) is 33.6 Å². The molecule has 1 amide bonds. The number of anilines is 2. The molecule has 0 bridgehead atoms. The van der Waals surface area contributed by atoms with E-state index in [9.17, 15) is 4.79 Å². The first kappa shape index (κ1) is 18.0. The molecule has 4 rings (SSSR count). The lowest BCUT2D eigenvalue weighted by atomic mass is 10.1. The molecule has 3 heterocycles. The van der Waals surface area contributed by atoms with E-state index >= 15 is 0 Å². The summed E-state index contributed by atoms with van der Waals surface area (Å²) in [4.78, 5) is 21.2. The molecular formula is C22H22N4O2. The zero-order valence-corrected chi connectivity index (χ0v) is 15.9. The molecule has 2 aromatic rings. The molecule has 0 aromatic carbocycles. The molecule has 2 aromatic heterocycles. The van der Waals surface area contributed by atoms with Crippen molar-refractivity contribution < 1.29 is 9.53 Å². The van der Waals surface area contributed by atoms with Crippen LogP contribution in [0, 0.1) is 0 Å². The Bertz CT molecular complexity index is 1010. The summed E-state index contributed by atoms with van der Waals surface area (Å²) in [6, 6.07) is 7.47. The van der Waals surface area contributed by atoms with Crippen molar-refractivity contribution in [2.45, 2.75) is 26.4 Å². The van der Waals surface area contributed by atoms with E-state index in [1.165, 1.54) is 5.57 Å². The smallest absolute Gasteiger partial charge is 0.256 e. The predicted octanol–water partition coefficient (Wildman–Crippen LogP) is 4.18. The second kappa shape index (κ2) is 7.68. The molecule has 1 unspecified atom stereocenters. The van der Waals surface area contributed by atoms with Gasteiger partial charge in [0, 0.05) is 18.0 Å². The van der Waals surface area contributed by atoms with Gasteiger partial charge in [-0.2, -0.15) is 0 Å². The molecule has 0 saturated heterocycles. The van der Waals surface area contributed by atoms with E-state index in [0.29, 0.717) is 23.7 Å². The number of allylic oxidation sites excluding steroid dienone is 4. The van der Waals surface area contributed by atoms with Gasteiger partial charge in [0.15, 0.2) is 11.6 Å². The molecule has 1 aliphatic heterocycles. The quantitative estimate of drug-likeness (QED) is 0.843. The highest BCUT2D eigenvalue weighted by molar-refractivity contribution is 6.05. The Balaban J connectivity index is 1.49. The minimum Gasteiger partial charge on any atom is -0.480 e. The lowest BCUT2D eigenvalue weighted by Crippen LogP contribution is -2.24. The highest BCUT2D eigenvalue weighted by atomic mass is 16.5. The summed E-state index contributed by atoms with van der Waals surface area (Å²) >= 11 is 0. The topological polar surface area (TPSA) is 76.1 Å². The number of pyridine rings is 2. The number of carbonyl (C=O) groups is 1. The molecule has 1 aliphatic carbocycles. The summed E-state index contributed by atoms with van der Waals surface area (Å²) in [6.07, 6.45) is 9.93. The number of nitrogens with one attached hydrogen (secondary N) is 2. The number of carbonyl (C=O) groups excluding carboxylic acids is 1. The van der Waals surface area contributed by atoms with Gasteiger partial charge in [0.05, 0.1) is 6.54 Å². The maximum atomic E-state index is 12.7. The van der Waals surface area contributed by atoms with Crippen LogP contribution in [0.1, 0.15) is 31.9 Å². The van der Waals surface area contributed by atoms with Crippen molar-refractivity contribution in [3.05, 3.63) is 77.2 Å². The zero-order chi connectivity index (χ0) is 19.5. The summed E-state index contributed by atoms with van der Waals surface area (Å²) < 4.78 is 6.04. The maximum Gasteiger partial charge on any atom is 0.256 e. The standard InChI is InChI=1S/C22H22N4O2/c1-14-5-6-17(11-15(2)10-14)22(27)26-20-12-16(7-9-23-20)19-13-25-21-18(28-19)4-3-8-24-21/h3-4,6-12,19H,5,13H2,1-2H3,(H,24,25)(H,23,26,27). The minimum absolute atomic E-state index is 0.163. The Kier molecular flexibility index (Phi) is 4.93. The number of rotatable bonds is 3. The fourth-order valence-corrected chi connectivity index (χ4v) is 3.32. The Morgan fingerprint density at radius 1 is 1.21 bits per heavy atom. The monoisotopic (exact) mass is 374 g/mol. The average Bonchev–Trinajstić information content (AvgIpc) is 2.88. The lowest BCUT2D eigenvalue weighted by Gasteiger charge is -2.26. The fraction of sp³-hybridized carbons (Fsp3) is 0.227. The lowest BCUT2D eigenvalue weighted by molar-refractivity contribution is -0.112. The number of hydrogen-bond acceptors (Lipinski definition) is 5. The molecule has 0 radical (unpaired) electrons. The molecule has 2 N–H and O–H groups in total. The summed E-state index contributed by atoms with van der Waals surface area (Å²) in [5.41, 5.74) is 3.88. The second-order valence-electron chi connectivity index (χ2n) is 7.01. The average molecular weight is 374 g/mol. The van der Waals surface area contributed by atoms with Crippen molar-refractivity contribution in [3.63, 3.8) is 0 Å². The SMILES string of the molecule is CC1=CC(C(=O)Nc2cc(C3CNc4ncccc4O3)ccn2)=CCC(C)=C1. The normalized spacial score (nSPS) is 18.4. The summed E-state index contributed by atoms with van der Waals surface area (Å²) in [5.74, 6) is 1.80. The van der Waals surface area contributed by atoms with E-state index in [1.807, 2.05) is 43.3 Å². The van der Waals surface area contributed by atoms with Crippen molar-refractivity contribution in [1.82, 2.24) is 9.97 Å². The van der Waals surface area contributed by atoms with Gasteiger partial charge < -0.3 is 15.4 Å². The summed E-state index contributed by atoms with van der Waals surface area (Å²) in [6.45, 7) is 4.65. The molecule has 142 valence electrons. The van der Waals surface area contributed by atoms with Gasteiger partial charge in [-0.15, -0.1) is 0 Å². The first-order chi connectivity index (χ1) is 13.6. The summed E-state index contributed by atoms with van der Waals surface area (Å²) in [5, 5.41) is 6.17. The van der Waals surface area contributed by atoms with Gasteiger partial charge in [-0.25, -0.2) is 9.97 Å². The van der Waals surface area contributed by atoms with Crippen molar-refractivity contribution in [2.75, 3.05) is 17.2 Å². The molecule has 6 nitrogen and oxygen atoms in total. The number of ether oxygens (including phenoxy) is 1. The summed E-state index contributed by atoms with van der Waals surface area (Å²) in [7, 11) is 0. The largest absolute Gasteiger partial charge is 0.480 e. The third-order valence-electron chi connectivity index (χ3n) is 4.66.